The topological polar surface area (TPSA) is 82.5 Å². The molecule has 2 aromatic heterocycles. The van der Waals surface area contributed by atoms with Crippen molar-refractivity contribution in [2.75, 3.05) is 26.7 Å². The van der Waals surface area contributed by atoms with E-state index in [1.54, 1.807) is 22.5 Å². The average molecular weight is 317 g/mol. The van der Waals surface area contributed by atoms with Crippen molar-refractivity contribution < 1.29 is 4.79 Å². The standard InChI is InChI=1S/C16H23N5O2/c1-4-20(3)16(23)14-10(2)19-21-12(9-13(22)18-15(14)21)11-5-7-17-8-6-11/h9,11,17H,4-8H2,1-3H3,(H,18,22). The molecule has 7 heteroatoms. The number of nitrogens with one attached hydrogen (secondary N) is 2. The number of carbonyl (C=O) groups excluding carboxylic acids is 1. The van der Waals surface area contributed by atoms with E-state index in [1.165, 1.54) is 0 Å². The van der Waals surface area contributed by atoms with E-state index >= 15 is 0 Å². The summed E-state index contributed by atoms with van der Waals surface area (Å²) in [4.78, 5) is 29.2. The molecule has 0 atom stereocenters. The van der Waals surface area contributed by atoms with Gasteiger partial charge in [0.2, 0.25) is 0 Å². The molecule has 0 radical (unpaired) electrons. The van der Waals surface area contributed by atoms with Gasteiger partial charge in [0.25, 0.3) is 11.5 Å². The van der Waals surface area contributed by atoms with Crippen molar-refractivity contribution in [3.8, 4) is 0 Å². The molecule has 2 N–H and O–H groups in total. The Balaban J connectivity index is 2.17. The second-order valence-electron chi connectivity index (χ2n) is 6.12. The van der Waals surface area contributed by atoms with Crippen molar-refractivity contribution in [1.82, 2.24) is 24.8 Å². The van der Waals surface area contributed by atoms with Crippen LogP contribution in [0.5, 0.6) is 0 Å². The van der Waals surface area contributed by atoms with Crippen LogP contribution in [0, 0.1) is 6.92 Å². The fourth-order valence-electron chi connectivity index (χ4n) is 3.18. The lowest BCUT2D eigenvalue weighted by Crippen LogP contribution is -2.29. The van der Waals surface area contributed by atoms with Gasteiger partial charge < -0.3 is 15.2 Å². The summed E-state index contributed by atoms with van der Waals surface area (Å²) in [5, 5.41) is 7.87. The highest BCUT2D eigenvalue weighted by Crippen LogP contribution is 2.26. The van der Waals surface area contributed by atoms with Crippen LogP contribution < -0.4 is 10.9 Å². The molecular weight excluding hydrogens is 294 g/mol. The summed E-state index contributed by atoms with van der Waals surface area (Å²) in [7, 11) is 1.75. The number of hydrogen-bond donors (Lipinski definition) is 2. The summed E-state index contributed by atoms with van der Waals surface area (Å²) in [5.74, 6) is 0.172. The molecule has 2 aromatic rings. The number of aromatic amines is 1. The maximum absolute atomic E-state index is 12.6. The number of aromatic nitrogens is 3. The highest BCUT2D eigenvalue weighted by atomic mass is 16.2. The molecule has 1 aliphatic heterocycles. The van der Waals surface area contributed by atoms with E-state index in [9.17, 15) is 9.59 Å². The van der Waals surface area contributed by atoms with Crippen LogP contribution in [0.3, 0.4) is 0 Å². The summed E-state index contributed by atoms with van der Waals surface area (Å²) < 4.78 is 1.75. The van der Waals surface area contributed by atoms with Crippen molar-refractivity contribution in [3.63, 3.8) is 0 Å². The Kier molecular flexibility index (Phi) is 4.21. The van der Waals surface area contributed by atoms with E-state index in [-0.39, 0.29) is 17.4 Å². The van der Waals surface area contributed by atoms with E-state index in [1.807, 2.05) is 13.8 Å². The van der Waals surface area contributed by atoms with Crippen LogP contribution in [0.2, 0.25) is 0 Å². The predicted molar refractivity (Wildman–Crippen MR) is 88.0 cm³/mol. The Labute approximate surface area is 134 Å². The second-order valence-corrected chi connectivity index (χ2v) is 6.12. The third-order valence-electron chi connectivity index (χ3n) is 4.62. The first-order valence-electron chi connectivity index (χ1n) is 8.11. The monoisotopic (exact) mass is 317 g/mol. The first-order chi connectivity index (χ1) is 11.0. The van der Waals surface area contributed by atoms with Gasteiger partial charge in [-0.2, -0.15) is 5.10 Å². The Morgan fingerprint density at radius 2 is 2.13 bits per heavy atom. The lowest BCUT2D eigenvalue weighted by atomic mass is 9.94. The van der Waals surface area contributed by atoms with Crippen molar-refractivity contribution >= 4 is 11.6 Å². The molecule has 3 rings (SSSR count). The van der Waals surface area contributed by atoms with Gasteiger partial charge in [-0.05, 0) is 39.8 Å². The number of rotatable bonds is 3. The number of piperidine rings is 1. The first kappa shape index (κ1) is 15.7. The molecule has 0 spiro atoms. The molecule has 1 amide bonds. The van der Waals surface area contributed by atoms with Crippen molar-refractivity contribution in [2.24, 2.45) is 0 Å². The van der Waals surface area contributed by atoms with Gasteiger partial charge >= 0.3 is 0 Å². The summed E-state index contributed by atoms with van der Waals surface area (Å²) in [6, 6.07) is 1.62. The fourth-order valence-corrected chi connectivity index (χ4v) is 3.18. The molecule has 23 heavy (non-hydrogen) atoms. The summed E-state index contributed by atoms with van der Waals surface area (Å²) in [6.07, 6.45) is 1.94. The van der Waals surface area contributed by atoms with Gasteiger partial charge in [0.1, 0.15) is 11.2 Å². The van der Waals surface area contributed by atoms with Gasteiger partial charge in [-0.25, -0.2) is 4.52 Å². The molecule has 0 aromatic carbocycles. The van der Waals surface area contributed by atoms with Crippen molar-refractivity contribution in [1.29, 1.82) is 0 Å². The minimum Gasteiger partial charge on any atom is -0.342 e. The Morgan fingerprint density at radius 1 is 1.43 bits per heavy atom. The van der Waals surface area contributed by atoms with Gasteiger partial charge in [0, 0.05) is 25.6 Å². The smallest absolute Gasteiger partial charge is 0.259 e. The first-order valence-corrected chi connectivity index (χ1v) is 8.11. The lowest BCUT2D eigenvalue weighted by molar-refractivity contribution is 0.0803. The van der Waals surface area contributed by atoms with Crippen LogP contribution in [0.4, 0.5) is 0 Å². The zero-order valence-electron chi connectivity index (χ0n) is 13.8. The molecule has 1 fully saturated rings. The molecule has 0 bridgehead atoms. The second kappa shape index (κ2) is 6.16. The average Bonchev–Trinajstić information content (AvgIpc) is 2.89. The lowest BCUT2D eigenvalue weighted by Gasteiger charge is -2.23. The zero-order valence-corrected chi connectivity index (χ0v) is 13.8. The predicted octanol–water partition coefficient (Wildman–Crippen LogP) is 0.890. The number of carbonyl (C=O) groups is 1. The molecule has 1 saturated heterocycles. The van der Waals surface area contributed by atoms with E-state index in [0.29, 0.717) is 23.4 Å². The molecular formula is C16H23N5O2. The molecule has 0 unspecified atom stereocenters. The number of hydrogen-bond acceptors (Lipinski definition) is 4. The maximum Gasteiger partial charge on any atom is 0.259 e. The van der Waals surface area contributed by atoms with Gasteiger partial charge in [-0.3, -0.25) is 9.59 Å². The number of nitrogens with zero attached hydrogens (tertiary/aromatic N) is 3. The normalized spacial score (nSPS) is 16.0. The number of fused-ring (bicyclic) bond motifs is 1. The number of aryl methyl sites for hydroxylation is 1. The van der Waals surface area contributed by atoms with Gasteiger partial charge in [-0.1, -0.05) is 0 Å². The summed E-state index contributed by atoms with van der Waals surface area (Å²) in [5.41, 5.74) is 2.36. The Morgan fingerprint density at radius 3 is 2.78 bits per heavy atom. The number of amides is 1. The maximum atomic E-state index is 12.6. The van der Waals surface area contributed by atoms with E-state index < -0.39 is 0 Å². The summed E-state index contributed by atoms with van der Waals surface area (Å²) in [6.45, 7) is 6.21. The Bertz CT molecular complexity index is 786. The SMILES string of the molecule is CCN(C)C(=O)c1c(C)nn2c(C3CCNCC3)cc(=O)[nH]c12. The third kappa shape index (κ3) is 2.76. The Hall–Kier alpha value is -2.15. The minimum atomic E-state index is -0.181. The third-order valence-corrected chi connectivity index (χ3v) is 4.62. The van der Waals surface area contributed by atoms with Crippen LogP contribution in [-0.4, -0.2) is 52.1 Å². The van der Waals surface area contributed by atoms with Crippen LogP contribution in [0.1, 0.15) is 47.4 Å². The highest BCUT2D eigenvalue weighted by molar-refractivity contribution is 6.00. The molecule has 1 aliphatic rings. The van der Waals surface area contributed by atoms with Gasteiger partial charge in [-0.15, -0.1) is 0 Å². The molecule has 0 aliphatic carbocycles. The van der Waals surface area contributed by atoms with Crippen LogP contribution in [0.15, 0.2) is 10.9 Å². The fraction of sp³-hybridized carbons (Fsp3) is 0.562. The quantitative estimate of drug-likeness (QED) is 0.881. The number of H-pyrrole nitrogens is 1. The van der Waals surface area contributed by atoms with Gasteiger partial charge in [0.05, 0.1) is 11.4 Å². The van der Waals surface area contributed by atoms with Crippen molar-refractivity contribution in [3.05, 3.63) is 33.4 Å². The van der Waals surface area contributed by atoms with Crippen LogP contribution in [0.25, 0.3) is 5.65 Å². The van der Waals surface area contributed by atoms with Gasteiger partial charge in [0.15, 0.2) is 0 Å². The van der Waals surface area contributed by atoms with E-state index in [2.05, 4.69) is 15.4 Å². The highest BCUT2D eigenvalue weighted by Gasteiger charge is 2.25. The van der Waals surface area contributed by atoms with E-state index in [0.717, 1.165) is 31.6 Å². The van der Waals surface area contributed by atoms with Crippen molar-refractivity contribution in [2.45, 2.75) is 32.6 Å². The van der Waals surface area contributed by atoms with Crippen LogP contribution in [-0.2, 0) is 0 Å². The largest absolute Gasteiger partial charge is 0.342 e. The molecule has 0 saturated carbocycles. The zero-order chi connectivity index (χ0) is 16.6. The minimum absolute atomic E-state index is 0.113. The van der Waals surface area contributed by atoms with Crippen LogP contribution >= 0.6 is 0 Å². The summed E-state index contributed by atoms with van der Waals surface area (Å²) >= 11 is 0. The van der Waals surface area contributed by atoms with E-state index in [4.69, 9.17) is 0 Å². The molecule has 3 heterocycles. The molecule has 7 nitrogen and oxygen atoms in total. The molecule has 124 valence electrons.